The van der Waals surface area contributed by atoms with Gasteiger partial charge in [-0.3, -0.25) is 0 Å². The third kappa shape index (κ3) is 2.88. The Kier molecular flexibility index (Phi) is 4.68. The quantitative estimate of drug-likeness (QED) is 0.856. The van der Waals surface area contributed by atoms with Crippen LogP contribution in [0, 0.1) is 0 Å². The second-order valence-corrected chi connectivity index (χ2v) is 4.96. The van der Waals surface area contributed by atoms with Crippen molar-refractivity contribution in [3.63, 3.8) is 0 Å². The minimum atomic E-state index is 0.625. The van der Waals surface area contributed by atoms with Gasteiger partial charge in [0.05, 0.1) is 21.7 Å². The first-order chi connectivity index (χ1) is 8.74. The Morgan fingerprint density at radius 1 is 1.44 bits per heavy atom. The van der Waals surface area contributed by atoms with Crippen LogP contribution in [0.2, 0.25) is 5.02 Å². The van der Waals surface area contributed by atoms with Crippen LogP contribution in [-0.4, -0.2) is 26.8 Å². The maximum atomic E-state index is 6.07. The van der Waals surface area contributed by atoms with Crippen molar-refractivity contribution in [2.75, 3.05) is 6.54 Å². The lowest BCUT2D eigenvalue weighted by Gasteiger charge is -2.08. The van der Waals surface area contributed by atoms with Gasteiger partial charge in [-0.2, -0.15) is 4.68 Å². The molecule has 5 nitrogen and oxygen atoms in total. The molecule has 0 aliphatic heterocycles. The Hall–Kier alpha value is -0.980. The molecule has 18 heavy (non-hydrogen) atoms. The maximum Gasteiger partial charge on any atom is 0.170 e. The number of aromatic nitrogens is 4. The lowest BCUT2D eigenvalue weighted by atomic mass is 10.3. The summed E-state index contributed by atoms with van der Waals surface area (Å²) in [7, 11) is 0. The molecule has 0 unspecified atom stereocenters. The average molecular weight is 331 g/mol. The number of nitrogens with one attached hydrogen (secondary N) is 1. The Morgan fingerprint density at radius 2 is 2.28 bits per heavy atom. The van der Waals surface area contributed by atoms with E-state index >= 15 is 0 Å². The van der Waals surface area contributed by atoms with E-state index in [0.29, 0.717) is 11.6 Å². The third-order valence-corrected chi connectivity index (χ3v) is 3.78. The molecule has 1 N–H and O–H groups in total. The number of hydrogen-bond donors (Lipinski definition) is 1. The van der Waals surface area contributed by atoms with Crippen LogP contribution in [0.3, 0.4) is 0 Å². The first-order valence-electron chi connectivity index (χ1n) is 5.66. The van der Waals surface area contributed by atoms with Crippen LogP contribution in [0.1, 0.15) is 19.2 Å². The summed E-state index contributed by atoms with van der Waals surface area (Å²) in [5, 5.41) is 15.6. The van der Waals surface area contributed by atoms with Crippen LogP contribution in [0.5, 0.6) is 0 Å². The van der Waals surface area contributed by atoms with Crippen molar-refractivity contribution in [1.29, 1.82) is 0 Å². The van der Waals surface area contributed by atoms with Gasteiger partial charge in [0.15, 0.2) is 5.82 Å². The van der Waals surface area contributed by atoms with E-state index in [1.165, 1.54) is 0 Å². The standard InChI is InChI=1S/C11H13BrClN5/c1-2-6-14-7-10-15-16-17-18(10)9-5-3-4-8(13)11(9)12/h3-5,14H,2,6-7H2,1H3. The SMILES string of the molecule is CCCNCc1nnnn1-c1cccc(Cl)c1Br. The van der Waals surface area contributed by atoms with Crippen LogP contribution < -0.4 is 5.32 Å². The van der Waals surface area contributed by atoms with Crippen molar-refractivity contribution in [3.8, 4) is 5.69 Å². The normalized spacial score (nSPS) is 10.8. The second kappa shape index (κ2) is 6.26. The summed E-state index contributed by atoms with van der Waals surface area (Å²) in [4.78, 5) is 0. The molecule has 0 bridgehead atoms. The van der Waals surface area contributed by atoms with E-state index in [1.54, 1.807) is 4.68 Å². The number of hydrogen-bond acceptors (Lipinski definition) is 4. The zero-order valence-electron chi connectivity index (χ0n) is 9.90. The first kappa shape index (κ1) is 13.5. The van der Waals surface area contributed by atoms with Gasteiger partial charge >= 0.3 is 0 Å². The number of nitrogens with zero attached hydrogens (tertiary/aromatic N) is 4. The van der Waals surface area contributed by atoms with Gasteiger partial charge in [0.2, 0.25) is 0 Å². The van der Waals surface area contributed by atoms with Crippen LogP contribution in [0.4, 0.5) is 0 Å². The summed E-state index contributed by atoms with van der Waals surface area (Å²) < 4.78 is 2.47. The van der Waals surface area contributed by atoms with E-state index < -0.39 is 0 Å². The minimum Gasteiger partial charge on any atom is -0.310 e. The fraction of sp³-hybridized carbons (Fsp3) is 0.364. The molecule has 0 saturated carbocycles. The first-order valence-corrected chi connectivity index (χ1v) is 6.83. The molecule has 0 aliphatic carbocycles. The molecular formula is C11H13BrClN5. The van der Waals surface area contributed by atoms with Gasteiger partial charge in [-0.1, -0.05) is 24.6 Å². The Bertz CT molecular complexity index is 528. The highest BCUT2D eigenvalue weighted by Gasteiger charge is 2.12. The lowest BCUT2D eigenvalue weighted by molar-refractivity contribution is 0.632. The third-order valence-electron chi connectivity index (χ3n) is 2.40. The highest BCUT2D eigenvalue weighted by molar-refractivity contribution is 9.10. The van der Waals surface area contributed by atoms with E-state index in [1.807, 2.05) is 18.2 Å². The van der Waals surface area contributed by atoms with Crippen LogP contribution in [0.25, 0.3) is 5.69 Å². The minimum absolute atomic E-state index is 0.625. The highest BCUT2D eigenvalue weighted by atomic mass is 79.9. The van der Waals surface area contributed by atoms with Gasteiger partial charge in [-0.05, 0) is 51.5 Å². The van der Waals surface area contributed by atoms with Crippen molar-refractivity contribution in [1.82, 2.24) is 25.5 Å². The molecule has 0 radical (unpaired) electrons. The van der Waals surface area contributed by atoms with Crippen molar-refractivity contribution in [2.45, 2.75) is 19.9 Å². The summed E-state index contributed by atoms with van der Waals surface area (Å²) in [5.74, 6) is 0.756. The number of rotatable bonds is 5. The van der Waals surface area contributed by atoms with Gasteiger partial charge in [0.25, 0.3) is 0 Å². The van der Waals surface area contributed by atoms with Crippen LogP contribution in [0.15, 0.2) is 22.7 Å². The van der Waals surface area contributed by atoms with E-state index in [-0.39, 0.29) is 0 Å². The largest absolute Gasteiger partial charge is 0.310 e. The summed E-state index contributed by atoms with van der Waals surface area (Å²) in [6.45, 7) is 3.67. The van der Waals surface area contributed by atoms with E-state index in [4.69, 9.17) is 11.6 Å². The van der Waals surface area contributed by atoms with E-state index in [0.717, 1.165) is 29.0 Å². The second-order valence-electron chi connectivity index (χ2n) is 3.76. The highest BCUT2D eigenvalue weighted by Crippen LogP contribution is 2.28. The molecule has 0 amide bonds. The predicted octanol–water partition coefficient (Wildman–Crippen LogP) is 2.58. The van der Waals surface area contributed by atoms with Gasteiger partial charge in [0.1, 0.15) is 0 Å². The molecule has 1 aromatic heterocycles. The Labute approximate surface area is 119 Å². The molecule has 2 rings (SSSR count). The molecule has 1 heterocycles. The molecule has 7 heteroatoms. The molecular weight excluding hydrogens is 318 g/mol. The summed E-state index contributed by atoms with van der Waals surface area (Å²) in [6.07, 6.45) is 1.07. The summed E-state index contributed by atoms with van der Waals surface area (Å²) >= 11 is 9.51. The lowest BCUT2D eigenvalue weighted by Crippen LogP contribution is -2.17. The number of halogens is 2. The van der Waals surface area contributed by atoms with Crippen molar-refractivity contribution in [3.05, 3.63) is 33.5 Å². The van der Waals surface area contributed by atoms with Crippen molar-refractivity contribution < 1.29 is 0 Å². The fourth-order valence-electron chi connectivity index (χ4n) is 1.54. The molecule has 0 spiro atoms. The Balaban J connectivity index is 2.28. The van der Waals surface area contributed by atoms with Gasteiger partial charge in [-0.25, -0.2) is 0 Å². The summed E-state index contributed by atoms with van der Waals surface area (Å²) in [5.41, 5.74) is 0.834. The fourth-order valence-corrected chi connectivity index (χ4v) is 2.14. The Morgan fingerprint density at radius 3 is 3.06 bits per heavy atom. The van der Waals surface area contributed by atoms with Gasteiger partial charge < -0.3 is 5.32 Å². The van der Waals surface area contributed by atoms with Gasteiger partial charge in [0, 0.05) is 0 Å². The van der Waals surface area contributed by atoms with Crippen molar-refractivity contribution in [2.24, 2.45) is 0 Å². The molecule has 0 atom stereocenters. The van der Waals surface area contributed by atoms with Crippen LogP contribution in [-0.2, 0) is 6.54 Å². The molecule has 0 aliphatic rings. The number of tetrazole rings is 1. The zero-order chi connectivity index (χ0) is 13.0. The predicted molar refractivity (Wildman–Crippen MR) is 73.9 cm³/mol. The van der Waals surface area contributed by atoms with Gasteiger partial charge in [-0.15, -0.1) is 5.10 Å². The summed E-state index contributed by atoms with van der Waals surface area (Å²) in [6, 6.07) is 5.59. The van der Waals surface area contributed by atoms with E-state index in [9.17, 15) is 0 Å². The number of benzene rings is 1. The van der Waals surface area contributed by atoms with Crippen LogP contribution >= 0.6 is 27.5 Å². The molecule has 0 saturated heterocycles. The molecule has 2 aromatic rings. The monoisotopic (exact) mass is 329 g/mol. The van der Waals surface area contributed by atoms with E-state index in [2.05, 4.69) is 43.7 Å². The average Bonchev–Trinajstić information content (AvgIpc) is 2.81. The maximum absolute atomic E-state index is 6.07. The van der Waals surface area contributed by atoms with Crippen molar-refractivity contribution >= 4 is 27.5 Å². The smallest absolute Gasteiger partial charge is 0.170 e. The zero-order valence-corrected chi connectivity index (χ0v) is 12.2. The topological polar surface area (TPSA) is 55.6 Å². The molecule has 1 aromatic carbocycles. The molecule has 0 fully saturated rings. The molecule has 96 valence electrons.